The first kappa shape index (κ1) is 21.7. The van der Waals surface area contributed by atoms with Gasteiger partial charge in [-0.15, -0.1) is 0 Å². The van der Waals surface area contributed by atoms with Crippen LogP contribution in [0.25, 0.3) is 0 Å². The number of hydrogen-bond donors (Lipinski definition) is 0. The molecule has 2 aliphatic heterocycles. The van der Waals surface area contributed by atoms with Crippen LogP contribution in [0.15, 0.2) is 42.5 Å². The van der Waals surface area contributed by atoms with Crippen molar-refractivity contribution < 1.29 is 19.2 Å². The van der Waals surface area contributed by atoms with Gasteiger partial charge in [-0.3, -0.25) is 24.1 Å². The number of imide groups is 1. The van der Waals surface area contributed by atoms with E-state index < -0.39 is 5.41 Å². The van der Waals surface area contributed by atoms with Gasteiger partial charge < -0.3 is 9.80 Å². The zero-order valence-electron chi connectivity index (χ0n) is 18.8. The number of hydrogen-bond acceptors (Lipinski definition) is 4. The Bertz CT molecular complexity index is 1100. The van der Waals surface area contributed by atoms with Crippen molar-refractivity contribution in [2.75, 3.05) is 29.9 Å². The first-order chi connectivity index (χ1) is 15.2. The molecular weight excluding hydrogens is 406 g/mol. The van der Waals surface area contributed by atoms with Crippen LogP contribution in [-0.4, -0.2) is 48.7 Å². The van der Waals surface area contributed by atoms with Gasteiger partial charge in [-0.05, 0) is 63.4 Å². The second-order valence-electron chi connectivity index (χ2n) is 8.77. The predicted octanol–water partition coefficient (Wildman–Crippen LogP) is 3.27. The third-order valence-electron chi connectivity index (χ3n) is 6.35. The van der Waals surface area contributed by atoms with Crippen LogP contribution in [0.3, 0.4) is 0 Å². The van der Waals surface area contributed by atoms with Crippen molar-refractivity contribution in [1.82, 2.24) is 4.90 Å². The maximum atomic E-state index is 13.0. The Morgan fingerprint density at radius 3 is 2.03 bits per heavy atom. The van der Waals surface area contributed by atoms with Crippen molar-refractivity contribution in [3.63, 3.8) is 0 Å². The first-order valence-electron chi connectivity index (χ1n) is 10.9. The molecule has 32 heavy (non-hydrogen) atoms. The summed E-state index contributed by atoms with van der Waals surface area (Å²) in [5.41, 5.74) is 2.14. The Morgan fingerprint density at radius 1 is 0.812 bits per heavy atom. The van der Waals surface area contributed by atoms with Gasteiger partial charge in [0.2, 0.25) is 11.8 Å². The van der Waals surface area contributed by atoms with Crippen molar-refractivity contribution in [1.29, 1.82) is 0 Å². The molecule has 0 unspecified atom stereocenters. The highest BCUT2D eigenvalue weighted by atomic mass is 16.2. The van der Waals surface area contributed by atoms with Gasteiger partial charge in [0.1, 0.15) is 5.41 Å². The molecule has 2 aromatic carbocycles. The fraction of sp³-hybridized carbons (Fsp3) is 0.360. The van der Waals surface area contributed by atoms with E-state index in [1.807, 2.05) is 25.1 Å². The van der Waals surface area contributed by atoms with Crippen LogP contribution in [0.4, 0.5) is 11.4 Å². The van der Waals surface area contributed by atoms with E-state index in [0.717, 1.165) is 5.56 Å². The molecule has 2 aromatic rings. The minimum absolute atomic E-state index is 0.214. The zero-order chi connectivity index (χ0) is 23.2. The van der Waals surface area contributed by atoms with E-state index in [2.05, 4.69) is 0 Å². The fourth-order valence-electron chi connectivity index (χ4n) is 4.49. The highest BCUT2D eigenvalue weighted by molar-refractivity contribution is 6.21. The Labute approximate surface area is 187 Å². The summed E-state index contributed by atoms with van der Waals surface area (Å²) in [6.45, 7) is 6.00. The lowest BCUT2D eigenvalue weighted by atomic mass is 9.90. The van der Waals surface area contributed by atoms with Crippen molar-refractivity contribution >= 4 is 35.0 Å². The van der Waals surface area contributed by atoms with Crippen molar-refractivity contribution in [2.24, 2.45) is 5.41 Å². The Morgan fingerprint density at radius 2 is 1.44 bits per heavy atom. The smallest absolute Gasteiger partial charge is 0.261 e. The fourth-order valence-corrected chi connectivity index (χ4v) is 4.49. The summed E-state index contributed by atoms with van der Waals surface area (Å²) in [4.78, 5) is 55.5. The van der Waals surface area contributed by atoms with Gasteiger partial charge in [-0.25, -0.2) is 0 Å². The van der Waals surface area contributed by atoms with Crippen LogP contribution >= 0.6 is 0 Å². The van der Waals surface area contributed by atoms with E-state index in [-0.39, 0.29) is 23.6 Å². The number of anilines is 2. The van der Waals surface area contributed by atoms with E-state index in [4.69, 9.17) is 0 Å². The molecule has 166 valence electrons. The molecule has 7 nitrogen and oxygen atoms in total. The SMILES string of the molecule is CCN1C(=O)C(C)(C)C(=O)N(C)c2cc(CCCN3C(=O)c4ccccc4C3=O)ccc21. The molecule has 2 heterocycles. The number of aryl methyl sites for hydroxylation is 1. The van der Waals surface area contributed by atoms with Crippen LogP contribution in [-0.2, 0) is 16.0 Å². The molecule has 0 saturated carbocycles. The van der Waals surface area contributed by atoms with Gasteiger partial charge in [0.25, 0.3) is 11.8 Å². The summed E-state index contributed by atoms with van der Waals surface area (Å²) in [7, 11) is 1.69. The van der Waals surface area contributed by atoms with Crippen LogP contribution in [0.1, 0.15) is 53.5 Å². The molecule has 0 radical (unpaired) electrons. The van der Waals surface area contributed by atoms with Crippen molar-refractivity contribution in [2.45, 2.75) is 33.6 Å². The molecule has 0 N–H and O–H groups in total. The number of amides is 4. The molecule has 0 bridgehead atoms. The second kappa shape index (κ2) is 7.89. The lowest BCUT2D eigenvalue weighted by Gasteiger charge is -2.27. The molecule has 0 aliphatic carbocycles. The van der Waals surface area contributed by atoms with Crippen molar-refractivity contribution in [3.05, 3.63) is 59.2 Å². The third-order valence-corrected chi connectivity index (χ3v) is 6.35. The van der Waals surface area contributed by atoms with Gasteiger partial charge in [0.05, 0.1) is 22.5 Å². The quantitative estimate of drug-likeness (QED) is 0.536. The Hall–Kier alpha value is -3.48. The minimum atomic E-state index is -1.14. The highest BCUT2D eigenvalue weighted by Crippen LogP contribution is 2.39. The van der Waals surface area contributed by atoms with Gasteiger partial charge in [-0.1, -0.05) is 18.2 Å². The summed E-state index contributed by atoms with van der Waals surface area (Å²) < 4.78 is 0. The van der Waals surface area contributed by atoms with Crippen LogP contribution in [0.2, 0.25) is 0 Å². The standard InChI is InChI=1S/C25H27N3O4/c1-5-27-19-13-12-16(15-20(19)26(4)23(31)25(2,3)24(27)32)9-8-14-28-21(29)17-10-6-7-11-18(17)22(28)30/h6-7,10-13,15H,5,8-9,14H2,1-4H3. The molecule has 0 atom stereocenters. The maximum absolute atomic E-state index is 13.0. The van der Waals surface area contributed by atoms with E-state index in [0.29, 0.717) is 48.4 Å². The number of carbonyl (C=O) groups excluding carboxylic acids is 4. The van der Waals surface area contributed by atoms with Gasteiger partial charge in [-0.2, -0.15) is 0 Å². The van der Waals surface area contributed by atoms with E-state index >= 15 is 0 Å². The summed E-state index contributed by atoms with van der Waals surface area (Å²) in [6, 6.07) is 12.6. The number of benzene rings is 2. The summed E-state index contributed by atoms with van der Waals surface area (Å²) in [6.07, 6.45) is 1.23. The number of nitrogens with zero attached hydrogens (tertiary/aromatic N) is 3. The third kappa shape index (κ3) is 3.28. The average Bonchev–Trinajstić information content (AvgIpc) is 3.01. The predicted molar refractivity (Wildman–Crippen MR) is 122 cm³/mol. The van der Waals surface area contributed by atoms with Crippen LogP contribution < -0.4 is 9.80 Å². The monoisotopic (exact) mass is 433 g/mol. The molecule has 2 aliphatic rings. The zero-order valence-corrected chi connectivity index (χ0v) is 18.8. The maximum Gasteiger partial charge on any atom is 0.261 e. The summed E-state index contributed by atoms with van der Waals surface area (Å²) in [5.74, 6) is -0.966. The Kier molecular flexibility index (Phi) is 5.36. The van der Waals surface area contributed by atoms with Gasteiger partial charge in [0.15, 0.2) is 0 Å². The first-order valence-corrected chi connectivity index (χ1v) is 10.9. The number of carbonyl (C=O) groups is 4. The molecule has 0 aromatic heterocycles. The van der Waals surface area contributed by atoms with Gasteiger partial charge >= 0.3 is 0 Å². The number of fused-ring (bicyclic) bond motifs is 2. The molecule has 4 rings (SSSR count). The van der Waals surface area contributed by atoms with Crippen LogP contribution in [0.5, 0.6) is 0 Å². The molecule has 0 saturated heterocycles. The molecule has 0 spiro atoms. The highest BCUT2D eigenvalue weighted by Gasteiger charge is 2.45. The lowest BCUT2D eigenvalue weighted by molar-refractivity contribution is -0.137. The average molecular weight is 434 g/mol. The largest absolute Gasteiger partial charge is 0.313 e. The van der Waals surface area contributed by atoms with Crippen LogP contribution in [0, 0.1) is 5.41 Å². The molecular formula is C25H27N3O4. The topological polar surface area (TPSA) is 78.0 Å². The normalized spacial score (nSPS) is 17.6. The van der Waals surface area contributed by atoms with E-state index in [1.165, 1.54) is 4.90 Å². The lowest BCUT2D eigenvalue weighted by Crippen LogP contribution is -2.47. The summed E-state index contributed by atoms with van der Waals surface area (Å²) in [5, 5.41) is 0. The molecule has 7 heteroatoms. The molecule has 0 fully saturated rings. The Balaban J connectivity index is 1.52. The second-order valence-corrected chi connectivity index (χ2v) is 8.77. The molecule has 4 amide bonds. The summed E-state index contributed by atoms with van der Waals surface area (Å²) >= 11 is 0. The number of rotatable bonds is 5. The minimum Gasteiger partial charge on any atom is -0.313 e. The van der Waals surface area contributed by atoms with Gasteiger partial charge in [0, 0.05) is 20.1 Å². The van der Waals surface area contributed by atoms with E-state index in [1.54, 1.807) is 55.0 Å². The van der Waals surface area contributed by atoms with Crippen molar-refractivity contribution in [3.8, 4) is 0 Å². The van der Waals surface area contributed by atoms with E-state index in [9.17, 15) is 19.2 Å².